The molecule has 90 valence electrons. The largest absolute Gasteiger partial charge is 0.496 e. The van der Waals surface area contributed by atoms with Gasteiger partial charge in [-0.05, 0) is 36.0 Å². The first-order valence-electron chi connectivity index (χ1n) is 5.99. The fourth-order valence-electron chi connectivity index (χ4n) is 1.74. The molecule has 1 aromatic rings. The van der Waals surface area contributed by atoms with E-state index < -0.39 is 0 Å². The van der Waals surface area contributed by atoms with Crippen LogP contribution >= 0.6 is 0 Å². The van der Waals surface area contributed by atoms with Crippen molar-refractivity contribution >= 4 is 0 Å². The predicted octanol–water partition coefficient (Wildman–Crippen LogP) is 2.78. The summed E-state index contributed by atoms with van der Waals surface area (Å²) in [6.07, 6.45) is 1.93. The predicted molar refractivity (Wildman–Crippen MR) is 68.9 cm³/mol. The second kappa shape index (κ2) is 5.90. The van der Waals surface area contributed by atoms with Gasteiger partial charge in [-0.3, -0.25) is 0 Å². The van der Waals surface area contributed by atoms with Crippen molar-refractivity contribution in [3.63, 3.8) is 0 Å². The molecule has 0 saturated heterocycles. The zero-order valence-electron chi connectivity index (χ0n) is 10.8. The van der Waals surface area contributed by atoms with Crippen molar-refractivity contribution in [1.82, 2.24) is 0 Å². The van der Waals surface area contributed by atoms with Crippen LogP contribution in [0.3, 0.4) is 0 Å². The van der Waals surface area contributed by atoms with Gasteiger partial charge in [0.25, 0.3) is 0 Å². The van der Waals surface area contributed by atoms with Gasteiger partial charge in [0.05, 0.1) is 7.11 Å². The third-order valence-corrected chi connectivity index (χ3v) is 3.05. The second-order valence-corrected chi connectivity index (χ2v) is 4.61. The first-order valence-corrected chi connectivity index (χ1v) is 5.99. The van der Waals surface area contributed by atoms with Crippen LogP contribution in [0.2, 0.25) is 0 Å². The molecule has 1 aromatic carbocycles. The van der Waals surface area contributed by atoms with E-state index in [9.17, 15) is 0 Å². The Hall–Kier alpha value is -1.02. The van der Waals surface area contributed by atoms with Crippen LogP contribution in [0, 0.1) is 5.92 Å². The summed E-state index contributed by atoms with van der Waals surface area (Å²) in [4.78, 5) is 0. The molecule has 1 unspecified atom stereocenters. The maximum Gasteiger partial charge on any atom is 0.122 e. The minimum atomic E-state index is 0.234. The van der Waals surface area contributed by atoms with Crippen molar-refractivity contribution in [3.05, 3.63) is 29.3 Å². The van der Waals surface area contributed by atoms with E-state index in [1.807, 2.05) is 6.07 Å². The van der Waals surface area contributed by atoms with E-state index >= 15 is 0 Å². The van der Waals surface area contributed by atoms with Crippen LogP contribution in [0.4, 0.5) is 0 Å². The van der Waals surface area contributed by atoms with Crippen LogP contribution in [-0.2, 0) is 12.8 Å². The highest BCUT2D eigenvalue weighted by molar-refractivity contribution is 5.37. The molecule has 0 amide bonds. The van der Waals surface area contributed by atoms with Crippen molar-refractivity contribution in [2.24, 2.45) is 11.7 Å². The third kappa shape index (κ3) is 3.24. The summed E-state index contributed by atoms with van der Waals surface area (Å²) < 4.78 is 5.31. The summed E-state index contributed by atoms with van der Waals surface area (Å²) in [7, 11) is 1.72. The standard InChI is InChI=1S/C14H23NO/c1-5-12-8-11(6-7-14(12)16-4)9-13(15)10(2)3/h6-8,10,13H,5,9,15H2,1-4H3. The topological polar surface area (TPSA) is 35.2 Å². The average molecular weight is 221 g/mol. The van der Waals surface area contributed by atoms with Gasteiger partial charge in [0.2, 0.25) is 0 Å². The van der Waals surface area contributed by atoms with Gasteiger partial charge >= 0.3 is 0 Å². The van der Waals surface area contributed by atoms with Crippen LogP contribution in [0.15, 0.2) is 18.2 Å². The number of aryl methyl sites for hydroxylation is 1. The minimum absolute atomic E-state index is 0.234. The molecule has 0 bridgehead atoms. The molecule has 1 rings (SSSR count). The molecule has 0 saturated carbocycles. The Bertz CT molecular complexity index is 334. The number of nitrogens with two attached hydrogens (primary N) is 1. The van der Waals surface area contributed by atoms with Gasteiger partial charge in [-0.2, -0.15) is 0 Å². The van der Waals surface area contributed by atoms with Gasteiger partial charge in [-0.1, -0.05) is 32.9 Å². The van der Waals surface area contributed by atoms with E-state index in [0.717, 1.165) is 18.6 Å². The number of hydrogen-bond acceptors (Lipinski definition) is 2. The lowest BCUT2D eigenvalue weighted by atomic mass is 9.96. The lowest BCUT2D eigenvalue weighted by Crippen LogP contribution is -2.28. The van der Waals surface area contributed by atoms with Gasteiger partial charge in [-0.25, -0.2) is 0 Å². The maximum atomic E-state index is 6.08. The highest BCUT2D eigenvalue weighted by Gasteiger charge is 2.10. The molecule has 16 heavy (non-hydrogen) atoms. The molecule has 2 heteroatoms. The summed E-state index contributed by atoms with van der Waals surface area (Å²) in [5.41, 5.74) is 8.64. The molecule has 0 radical (unpaired) electrons. The molecule has 0 spiro atoms. The lowest BCUT2D eigenvalue weighted by Gasteiger charge is -2.16. The Morgan fingerprint density at radius 2 is 2.00 bits per heavy atom. The van der Waals surface area contributed by atoms with Crippen molar-refractivity contribution in [2.45, 2.75) is 39.7 Å². The van der Waals surface area contributed by atoms with Crippen LogP contribution < -0.4 is 10.5 Å². The normalized spacial score (nSPS) is 12.9. The molecule has 2 nitrogen and oxygen atoms in total. The first-order chi connectivity index (χ1) is 7.58. The minimum Gasteiger partial charge on any atom is -0.496 e. The van der Waals surface area contributed by atoms with E-state index in [-0.39, 0.29) is 6.04 Å². The highest BCUT2D eigenvalue weighted by Crippen LogP contribution is 2.21. The van der Waals surface area contributed by atoms with Crippen molar-refractivity contribution in [1.29, 1.82) is 0 Å². The Balaban J connectivity index is 2.82. The molecule has 2 N–H and O–H groups in total. The number of hydrogen-bond donors (Lipinski definition) is 1. The zero-order chi connectivity index (χ0) is 12.1. The Kier molecular flexibility index (Phi) is 4.81. The molecule has 0 aromatic heterocycles. The van der Waals surface area contributed by atoms with Crippen molar-refractivity contribution in [3.8, 4) is 5.75 Å². The highest BCUT2D eigenvalue weighted by atomic mass is 16.5. The van der Waals surface area contributed by atoms with Gasteiger partial charge in [0, 0.05) is 6.04 Å². The van der Waals surface area contributed by atoms with E-state index in [1.165, 1.54) is 11.1 Å². The van der Waals surface area contributed by atoms with Gasteiger partial charge in [0.15, 0.2) is 0 Å². The van der Waals surface area contributed by atoms with E-state index in [0.29, 0.717) is 5.92 Å². The van der Waals surface area contributed by atoms with Crippen LogP contribution in [0.1, 0.15) is 31.9 Å². The molecule has 0 aliphatic rings. The number of ether oxygens (including phenoxy) is 1. The van der Waals surface area contributed by atoms with E-state index in [4.69, 9.17) is 10.5 Å². The SMILES string of the molecule is CCc1cc(CC(N)C(C)C)ccc1OC. The van der Waals surface area contributed by atoms with Crippen molar-refractivity contribution < 1.29 is 4.74 Å². The molecular formula is C14H23NO. The lowest BCUT2D eigenvalue weighted by molar-refractivity contribution is 0.409. The number of methoxy groups -OCH3 is 1. The van der Waals surface area contributed by atoms with E-state index in [1.54, 1.807) is 7.11 Å². The summed E-state index contributed by atoms with van der Waals surface area (Å²) >= 11 is 0. The summed E-state index contributed by atoms with van der Waals surface area (Å²) in [5, 5.41) is 0. The van der Waals surface area contributed by atoms with Crippen molar-refractivity contribution in [2.75, 3.05) is 7.11 Å². The Labute approximate surface area is 98.8 Å². The van der Waals surface area contributed by atoms with Crippen LogP contribution in [-0.4, -0.2) is 13.2 Å². The molecule has 0 fully saturated rings. The van der Waals surface area contributed by atoms with Gasteiger partial charge in [0.1, 0.15) is 5.75 Å². The fraction of sp³-hybridized carbons (Fsp3) is 0.571. The fourth-order valence-corrected chi connectivity index (χ4v) is 1.74. The molecule has 0 heterocycles. The molecule has 0 aliphatic carbocycles. The van der Waals surface area contributed by atoms with Crippen LogP contribution in [0.25, 0.3) is 0 Å². The summed E-state index contributed by atoms with van der Waals surface area (Å²) in [6.45, 7) is 6.47. The quantitative estimate of drug-likeness (QED) is 0.829. The third-order valence-electron chi connectivity index (χ3n) is 3.05. The number of rotatable bonds is 5. The Morgan fingerprint density at radius 1 is 1.31 bits per heavy atom. The van der Waals surface area contributed by atoms with Gasteiger partial charge < -0.3 is 10.5 Å². The second-order valence-electron chi connectivity index (χ2n) is 4.61. The van der Waals surface area contributed by atoms with Gasteiger partial charge in [-0.15, -0.1) is 0 Å². The Morgan fingerprint density at radius 3 is 2.50 bits per heavy atom. The molecule has 0 aliphatic heterocycles. The van der Waals surface area contributed by atoms with E-state index in [2.05, 4.69) is 32.9 Å². The summed E-state index contributed by atoms with van der Waals surface area (Å²) in [5.74, 6) is 1.50. The zero-order valence-corrected chi connectivity index (χ0v) is 10.8. The smallest absolute Gasteiger partial charge is 0.122 e. The monoisotopic (exact) mass is 221 g/mol. The van der Waals surface area contributed by atoms with Crippen LogP contribution in [0.5, 0.6) is 5.75 Å². The number of benzene rings is 1. The molecule has 1 atom stereocenters. The summed E-state index contributed by atoms with van der Waals surface area (Å²) in [6, 6.07) is 6.60. The first kappa shape index (κ1) is 13.0. The average Bonchev–Trinajstić information content (AvgIpc) is 2.28. The molecular weight excluding hydrogens is 198 g/mol. The maximum absolute atomic E-state index is 6.08.